The second-order valence-electron chi connectivity index (χ2n) is 7.86. The van der Waals surface area contributed by atoms with Gasteiger partial charge in [0.1, 0.15) is 11.6 Å². The van der Waals surface area contributed by atoms with Crippen molar-refractivity contribution in [2.24, 2.45) is 0 Å². The first-order valence-electron chi connectivity index (χ1n) is 8.93. The van der Waals surface area contributed by atoms with Crippen LogP contribution in [0.5, 0.6) is 5.75 Å². The molecular formula is C21H23F4NO2. The Labute approximate surface area is 161 Å². The molecule has 2 atom stereocenters. The van der Waals surface area contributed by atoms with Gasteiger partial charge in [-0.3, -0.25) is 0 Å². The van der Waals surface area contributed by atoms with Crippen LogP contribution in [-0.2, 0) is 5.41 Å². The number of ether oxygens (including phenoxy) is 1. The van der Waals surface area contributed by atoms with Crippen LogP contribution >= 0.6 is 0 Å². The van der Waals surface area contributed by atoms with Crippen LogP contribution in [0.1, 0.15) is 44.4 Å². The molecule has 1 unspecified atom stereocenters. The Morgan fingerprint density at radius 3 is 2.25 bits per heavy atom. The first kappa shape index (κ1) is 20.5. The van der Waals surface area contributed by atoms with Gasteiger partial charge in [0, 0.05) is 12.1 Å². The van der Waals surface area contributed by atoms with Crippen molar-refractivity contribution in [3.63, 3.8) is 0 Å². The summed E-state index contributed by atoms with van der Waals surface area (Å²) in [6, 6.07) is 9.47. The number of rotatable bonds is 3. The molecule has 0 aliphatic carbocycles. The molecule has 0 radical (unpaired) electrons. The van der Waals surface area contributed by atoms with Gasteiger partial charge >= 0.3 is 6.18 Å². The fourth-order valence-electron chi connectivity index (χ4n) is 4.07. The van der Waals surface area contributed by atoms with Crippen molar-refractivity contribution in [1.82, 2.24) is 0 Å². The smallest absolute Gasteiger partial charge is 0.436 e. The zero-order chi connectivity index (χ0) is 20.9. The lowest BCUT2D eigenvalue weighted by atomic mass is 9.72. The third-order valence-electron chi connectivity index (χ3n) is 5.47. The summed E-state index contributed by atoms with van der Waals surface area (Å²) in [5, 5.41) is 10.9. The molecular weight excluding hydrogens is 374 g/mol. The van der Waals surface area contributed by atoms with E-state index in [1.807, 2.05) is 0 Å². The summed E-state index contributed by atoms with van der Waals surface area (Å²) < 4.78 is 61.4. The number of hydrogen-bond donors (Lipinski definition) is 1. The monoisotopic (exact) mass is 397 g/mol. The number of alkyl halides is 3. The highest BCUT2D eigenvalue weighted by Crippen LogP contribution is 2.54. The number of nitrogens with zero attached hydrogens (tertiary/aromatic N) is 1. The third kappa shape index (κ3) is 3.21. The van der Waals surface area contributed by atoms with Crippen LogP contribution in [0.4, 0.5) is 23.2 Å². The molecule has 0 saturated heterocycles. The lowest BCUT2D eigenvalue weighted by molar-refractivity contribution is -0.270. The number of aliphatic hydroxyl groups is 1. The second kappa shape index (κ2) is 6.65. The minimum Gasteiger partial charge on any atom is -0.497 e. The average molecular weight is 397 g/mol. The second-order valence-corrected chi connectivity index (χ2v) is 7.86. The molecule has 28 heavy (non-hydrogen) atoms. The quantitative estimate of drug-likeness (QED) is 0.711. The van der Waals surface area contributed by atoms with Gasteiger partial charge in [-0.2, -0.15) is 13.2 Å². The molecule has 7 heteroatoms. The van der Waals surface area contributed by atoms with E-state index in [4.69, 9.17) is 4.74 Å². The van der Waals surface area contributed by atoms with Gasteiger partial charge in [-0.15, -0.1) is 0 Å². The highest BCUT2D eigenvalue weighted by molar-refractivity contribution is 5.63. The van der Waals surface area contributed by atoms with E-state index in [9.17, 15) is 22.7 Å². The van der Waals surface area contributed by atoms with Crippen LogP contribution in [-0.4, -0.2) is 24.1 Å². The van der Waals surface area contributed by atoms with Crippen molar-refractivity contribution in [2.75, 3.05) is 12.0 Å². The molecule has 1 aliphatic heterocycles. The highest BCUT2D eigenvalue weighted by atomic mass is 19.4. The number of halogens is 4. The topological polar surface area (TPSA) is 32.7 Å². The van der Waals surface area contributed by atoms with Gasteiger partial charge in [-0.05, 0) is 47.7 Å². The highest BCUT2D eigenvalue weighted by Gasteiger charge is 2.63. The van der Waals surface area contributed by atoms with E-state index in [2.05, 4.69) is 0 Å². The van der Waals surface area contributed by atoms with E-state index in [1.54, 1.807) is 45.0 Å². The molecule has 1 N–H and O–H groups in total. The van der Waals surface area contributed by atoms with Crippen molar-refractivity contribution >= 4 is 5.69 Å². The molecule has 0 fully saturated rings. The van der Waals surface area contributed by atoms with Crippen molar-refractivity contribution in [3.8, 4) is 5.75 Å². The van der Waals surface area contributed by atoms with Gasteiger partial charge in [-0.1, -0.05) is 32.0 Å². The average Bonchev–Trinajstić information content (AvgIpc) is 2.59. The van der Waals surface area contributed by atoms with Crippen molar-refractivity contribution < 1.29 is 27.4 Å². The first-order valence-corrected chi connectivity index (χ1v) is 8.93. The van der Waals surface area contributed by atoms with E-state index in [0.29, 0.717) is 16.9 Å². The minimum atomic E-state index is -4.94. The first-order chi connectivity index (χ1) is 12.9. The standard InChI is InChI=1S/C21H23F4NO2/c1-13(14-5-8-16(28-4)9-6-14)26-18-11-15(22)7-10-17(18)19(2,3)12-20(26,27)21(23,24)25/h5-11,13,27H,12H2,1-4H3/t13-,20?/m0/s1. The zero-order valence-corrected chi connectivity index (χ0v) is 16.1. The number of fused-ring (bicyclic) bond motifs is 1. The third-order valence-corrected chi connectivity index (χ3v) is 5.47. The predicted molar refractivity (Wildman–Crippen MR) is 98.9 cm³/mol. The molecule has 0 bridgehead atoms. The molecule has 0 aromatic heterocycles. The Kier molecular flexibility index (Phi) is 4.86. The maximum Gasteiger partial charge on any atom is 0.436 e. The lowest BCUT2D eigenvalue weighted by Crippen LogP contribution is -2.64. The number of hydrogen-bond acceptors (Lipinski definition) is 3. The lowest BCUT2D eigenvalue weighted by Gasteiger charge is -2.53. The van der Waals surface area contributed by atoms with E-state index in [0.717, 1.165) is 11.0 Å². The molecule has 3 nitrogen and oxygen atoms in total. The predicted octanol–water partition coefficient (Wildman–Crippen LogP) is 5.33. The Hall–Kier alpha value is -2.28. The molecule has 0 amide bonds. The van der Waals surface area contributed by atoms with E-state index in [-0.39, 0.29) is 5.69 Å². The van der Waals surface area contributed by atoms with Gasteiger partial charge in [0.15, 0.2) is 0 Å². The molecule has 2 aromatic rings. The van der Waals surface area contributed by atoms with E-state index < -0.39 is 35.6 Å². The van der Waals surface area contributed by atoms with Crippen LogP contribution < -0.4 is 9.64 Å². The summed E-state index contributed by atoms with van der Waals surface area (Å²) in [5.41, 5.74) is -3.00. The Morgan fingerprint density at radius 2 is 1.71 bits per heavy atom. The number of methoxy groups -OCH3 is 1. The maximum absolute atomic E-state index is 14.1. The summed E-state index contributed by atoms with van der Waals surface area (Å²) in [7, 11) is 1.49. The summed E-state index contributed by atoms with van der Waals surface area (Å²) in [6.45, 7) is 4.80. The minimum absolute atomic E-state index is 0.0411. The van der Waals surface area contributed by atoms with Crippen LogP contribution in [0.15, 0.2) is 42.5 Å². The van der Waals surface area contributed by atoms with Crippen LogP contribution in [0, 0.1) is 5.82 Å². The van der Waals surface area contributed by atoms with Gasteiger partial charge in [0.25, 0.3) is 0 Å². The SMILES string of the molecule is COc1ccc([C@H](C)N2c3cc(F)ccc3C(C)(C)CC2(O)C(F)(F)F)cc1. The van der Waals surface area contributed by atoms with Crippen molar-refractivity contribution in [1.29, 1.82) is 0 Å². The summed E-state index contributed by atoms with van der Waals surface area (Å²) >= 11 is 0. The normalized spacial score (nSPS) is 22.5. The zero-order valence-electron chi connectivity index (χ0n) is 16.1. The Balaban J connectivity index is 2.22. The molecule has 1 heterocycles. The molecule has 1 aliphatic rings. The molecule has 0 spiro atoms. The Morgan fingerprint density at radius 1 is 1.11 bits per heavy atom. The fourth-order valence-corrected chi connectivity index (χ4v) is 4.07. The van der Waals surface area contributed by atoms with Crippen molar-refractivity contribution in [2.45, 2.75) is 50.6 Å². The molecule has 3 rings (SSSR count). The molecule has 0 saturated carbocycles. The molecule has 2 aromatic carbocycles. The number of benzene rings is 2. The number of anilines is 1. The summed E-state index contributed by atoms with van der Waals surface area (Å²) in [5.74, 6) is -0.0961. The van der Waals surface area contributed by atoms with Crippen LogP contribution in [0.2, 0.25) is 0 Å². The Bertz CT molecular complexity index is 864. The van der Waals surface area contributed by atoms with Gasteiger partial charge in [0.05, 0.1) is 13.2 Å². The summed E-state index contributed by atoms with van der Waals surface area (Å²) in [6.07, 6.45) is -5.50. The van der Waals surface area contributed by atoms with Gasteiger partial charge in [0.2, 0.25) is 5.72 Å². The van der Waals surface area contributed by atoms with E-state index in [1.165, 1.54) is 19.2 Å². The van der Waals surface area contributed by atoms with Crippen molar-refractivity contribution in [3.05, 3.63) is 59.4 Å². The molecule has 152 valence electrons. The van der Waals surface area contributed by atoms with Gasteiger partial charge in [-0.25, -0.2) is 4.39 Å². The van der Waals surface area contributed by atoms with E-state index >= 15 is 0 Å². The van der Waals surface area contributed by atoms with Crippen LogP contribution in [0.25, 0.3) is 0 Å². The largest absolute Gasteiger partial charge is 0.497 e. The van der Waals surface area contributed by atoms with Crippen LogP contribution in [0.3, 0.4) is 0 Å². The fraction of sp³-hybridized carbons (Fsp3) is 0.429. The van der Waals surface area contributed by atoms with Gasteiger partial charge < -0.3 is 14.7 Å². The summed E-state index contributed by atoms with van der Waals surface area (Å²) in [4.78, 5) is 0.887. The maximum atomic E-state index is 14.1.